The average molecular weight is 388 g/mol. The Morgan fingerprint density at radius 1 is 1.17 bits per heavy atom. The first-order valence-electron chi connectivity index (χ1n) is 6.92. The van der Waals surface area contributed by atoms with Gasteiger partial charge in [0.05, 0.1) is 11.8 Å². The molecule has 0 unspecified atom stereocenters. The number of anilines is 1. The molecule has 2 aromatic carbocycles. The van der Waals surface area contributed by atoms with Crippen LogP contribution < -0.4 is 10.1 Å². The van der Waals surface area contributed by atoms with Gasteiger partial charge in [-0.05, 0) is 30.3 Å². The highest BCUT2D eigenvalue weighted by atomic mass is 79.9. The molecular weight excluding hydrogens is 377 g/mol. The Bertz CT molecular complexity index is 875. The summed E-state index contributed by atoms with van der Waals surface area (Å²) in [5.41, 5.74) is 0.433. The van der Waals surface area contributed by atoms with E-state index in [0.717, 1.165) is 0 Å². The minimum absolute atomic E-state index is 0.0431. The maximum atomic E-state index is 13.8. The molecule has 0 radical (unpaired) electrons. The number of nitrogens with one attached hydrogen (secondary N) is 1. The van der Waals surface area contributed by atoms with Crippen molar-refractivity contribution in [2.75, 3.05) is 5.32 Å². The number of carbonyl (C=O) groups is 1. The topological polar surface area (TPSA) is 64.1 Å². The molecule has 1 heterocycles. The lowest BCUT2D eigenvalue weighted by molar-refractivity contribution is 0.102. The first kappa shape index (κ1) is 16.1. The molecule has 0 aliphatic heterocycles. The number of nitrogens with zero attached hydrogens (tertiary/aromatic N) is 2. The highest BCUT2D eigenvalue weighted by molar-refractivity contribution is 9.10. The highest BCUT2D eigenvalue weighted by Gasteiger charge is 2.12. The molecule has 0 aliphatic rings. The number of rotatable bonds is 4. The minimum atomic E-state index is -0.603. The van der Waals surface area contributed by atoms with Gasteiger partial charge >= 0.3 is 0 Å². The monoisotopic (exact) mass is 387 g/mol. The summed E-state index contributed by atoms with van der Waals surface area (Å²) in [7, 11) is 0. The van der Waals surface area contributed by atoms with Gasteiger partial charge in [-0.25, -0.2) is 9.37 Å². The Hall–Kier alpha value is -2.80. The third-order valence-corrected chi connectivity index (χ3v) is 3.52. The molecule has 1 aromatic heterocycles. The molecule has 3 rings (SSSR count). The fourth-order valence-electron chi connectivity index (χ4n) is 1.97. The zero-order chi connectivity index (χ0) is 16.9. The van der Waals surface area contributed by atoms with Crippen LogP contribution in [0, 0.1) is 5.82 Å². The molecule has 24 heavy (non-hydrogen) atoms. The molecule has 0 saturated carbocycles. The Kier molecular flexibility index (Phi) is 4.81. The van der Waals surface area contributed by atoms with Crippen molar-refractivity contribution >= 4 is 27.5 Å². The Morgan fingerprint density at radius 3 is 2.79 bits per heavy atom. The highest BCUT2D eigenvalue weighted by Crippen LogP contribution is 2.23. The molecule has 120 valence electrons. The lowest BCUT2D eigenvalue weighted by Crippen LogP contribution is -2.13. The molecule has 0 aliphatic carbocycles. The van der Waals surface area contributed by atoms with Gasteiger partial charge in [0, 0.05) is 28.6 Å². The van der Waals surface area contributed by atoms with Crippen LogP contribution in [-0.2, 0) is 0 Å². The zero-order valence-electron chi connectivity index (χ0n) is 12.2. The SMILES string of the molecule is O=C(Nc1cccc(Oc2cnccn2)c1)c1ccc(Br)cc1F. The molecule has 7 heteroatoms. The lowest BCUT2D eigenvalue weighted by Gasteiger charge is -2.09. The maximum absolute atomic E-state index is 13.8. The summed E-state index contributed by atoms with van der Waals surface area (Å²) in [4.78, 5) is 20.1. The van der Waals surface area contributed by atoms with Gasteiger partial charge in [0.25, 0.3) is 5.91 Å². The van der Waals surface area contributed by atoms with Crippen LogP contribution in [0.25, 0.3) is 0 Å². The van der Waals surface area contributed by atoms with E-state index >= 15 is 0 Å². The summed E-state index contributed by atoms with van der Waals surface area (Å²) in [6, 6.07) is 11.0. The van der Waals surface area contributed by atoms with Gasteiger partial charge in [0.15, 0.2) is 0 Å². The van der Waals surface area contributed by atoms with E-state index in [9.17, 15) is 9.18 Å². The van der Waals surface area contributed by atoms with Crippen LogP contribution in [0.2, 0.25) is 0 Å². The van der Waals surface area contributed by atoms with E-state index in [1.54, 1.807) is 30.3 Å². The zero-order valence-corrected chi connectivity index (χ0v) is 13.8. The fourth-order valence-corrected chi connectivity index (χ4v) is 2.30. The summed E-state index contributed by atoms with van der Waals surface area (Å²) < 4.78 is 19.9. The first-order valence-corrected chi connectivity index (χ1v) is 7.71. The number of benzene rings is 2. The number of aromatic nitrogens is 2. The summed E-state index contributed by atoms with van der Waals surface area (Å²) >= 11 is 3.15. The van der Waals surface area contributed by atoms with Crippen molar-refractivity contribution in [1.82, 2.24) is 9.97 Å². The van der Waals surface area contributed by atoms with E-state index in [1.807, 2.05) is 0 Å². The van der Waals surface area contributed by atoms with Gasteiger partial charge in [0.1, 0.15) is 11.6 Å². The number of carbonyl (C=O) groups excluding carboxylic acids is 1. The Balaban J connectivity index is 1.75. The van der Waals surface area contributed by atoms with Crippen LogP contribution in [0.5, 0.6) is 11.6 Å². The van der Waals surface area contributed by atoms with Crippen molar-refractivity contribution in [3.8, 4) is 11.6 Å². The second kappa shape index (κ2) is 7.18. The van der Waals surface area contributed by atoms with Crippen LogP contribution in [-0.4, -0.2) is 15.9 Å². The van der Waals surface area contributed by atoms with E-state index in [4.69, 9.17) is 4.74 Å². The second-order valence-electron chi connectivity index (χ2n) is 4.75. The predicted octanol–water partition coefficient (Wildman–Crippen LogP) is 4.42. The smallest absolute Gasteiger partial charge is 0.258 e. The third-order valence-electron chi connectivity index (χ3n) is 3.03. The van der Waals surface area contributed by atoms with Crippen molar-refractivity contribution in [2.45, 2.75) is 0 Å². The summed E-state index contributed by atoms with van der Waals surface area (Å²) in [6.45, 7) is 0. The van der Waals surface area contributed by atoms with Crippen LogP contribution in [0.1, 0.15) is 10.4 Å². The van der Waals surface area contributed by atoms with E-state index in [1.165, 1.54) is 30.7 Å². The Labute approximate surface area is 145 Å². The standard InChI is InChI=1S/C17H11BrFN3O2/c18-11-4-5-14(15(19)8-11)17(23)22-12-2-1-3-13(9-12)24-16-10-20-6-7-21-16/h1-10H,(H,22,23). The van der Waals surface area contributed by atoms with Crippen LogP contribution in [0.3, 0.4) is 0 Å². The van der Waals surface area contributed by atoms with E-state index in [0.29, 0.717) is 21.8 Å². The van der Waals surface area contributed by atoms with E-state index < -0.39 is 11.7 Å². The van der Waals surface area contributed by atoms with Gasteiger partial charge in [-0.3, -0.25) is 9.78 Å². The number of amides is 1. The van der Waals surface area contributed by atoms with Crippen LogP contribution >= 0.6 is 15.9 Å². The molecule has 0 atom stereocenters. The molecule has 0 fully saturated rings. The number of hydrogen-bond donors (Lipinski definition) is 1. The predicted molar refractivity (Wildman–Crippen MR) is 90.6 cm³/mol. The average Bonchev–Trinajstić information content (AvgIpc) is 2.56. The van der Waals surface area contributed by atoms with E-state index in [-0.39, 0.29) is 5.56 Å². The van der Waals surface area contributed by atoms with Crippen LogP contribution in [0.4, 0.5) is 10.1 Å². The van der Waals surface area contributed by atoms with Gasteiger partial charge < -0.3 is 10.1 Å². The molecule has 1 amide bonds. The summed E-state index contributed by atoms with van der Waals surface area (Å²) in [6.07, 6.45) is 4.52. The largest absolute Gasteiger partial charge is 0.437 e. The van der Waals surface area contributed by atoms with Crippen molar-refractivity contribution in [1.29, 1.82) is 0 Å². The molecular formula is C17H11BrFN3O2. The lowest BCUT2D eigenvalue weighted by atomic mass is 10.2. The van der Waals surface area contributed by atoms with Gasteiger partial charge in [-0.2, -0.15) is 0 Å². The van der Waals surface area contributed by atoms with Crippen molar-refractivity contribution < 1.29 is 13.9 Å². The molecule has 0 bridgehead atoms. The molecule has 1 N–H and O–H groups in total. The Morgan fingerprint density at radius 2 is 2.04 bits per heavy atom. The first-order chi connectivity index (χ1) is 11.6. The summed E-state index contributed by atoms with van der Waals surface area (Å²) in [5.74, 6) is -0.338. The number of hydrogen-bond acceptors (Lipinski definition) is 4. The third kappa shape index (κ3) is 3.94. The quantitative estimate of drug-likeness (QED) is 0.719. The van der Waals surface area contributed by atoms with Crippen molar-refractivity contribution in [2.24, 2.45) is 0 Å². The molecule has 5 nitrogen and oxygen atoms in total. The number of halogens is 2. The molecule has 0 saturated heterocycles. The minimum Gasteiger partial charge on any atom is -0.437 e. The van der Waals surface area contributed by atoms with Gasteiger partial charge in [-0.1, -0.05) is 22.0 Å². The maximum Gasteiger partial charge on any atom is 0.258 e. The van der Waals surface area contributed by atoms with Gasteiger partial charge in [-0.15, -0.1) is 0 Å². The second-order valence-corrected chi connectivity index (χ2v) is 5.67. The normalized spacial score (nSPS) is 10.2. The van der Waals surface area contributed by atoms with Crippen LogP contribution in [0.15, 0.2) is 65.5 Å². The van der Waals surface area contributed by atoms with Crippen molar-refractivity contribution in [3.63, 3.8) is 0 Å². The molecule has 3 aromatic rings. The number of ether oxygens (including phenoxy) is 1. The molecule has 0 spiro atoms. The van der Waals surface area contributed by atoms with Gasteiger partial charge in [0.2, 0.25) is 5.88 Å². The fraction of sp³-hybridized carbons (Fsp3) is 0. The van der Waals surface area contributed by atoms with Crippen molar-refractivity contribution in [3.05, 3.63) is 76.9 Å². The summed E-state index contributed by atoms with van der Waals surface area (Å²) in [5, 5.41) is 2.63. The van der Waals surface area contributed by atoms with E-state index in [2.05, 4.69) is 31.2 Å².